The van der Waals surface area contributed by atoms with E-state index in [4.69, 9.17) is 20.3 Å². The van der Waals surface area contributed by atoms with E-state index in [9.17, 15) is 0 Å². The predicted octanol–water partition coefficient (Wildman–Crippen LogP) is 3.86. The van der Waals surface area contributed by atoms with Crippen LogP contribution >= 0.6 is 0 Å². The van der Waals surface area contributed by atoms with Gasteiger partial charge in [-0.1, -0.05) is 6.07 Å². The molecule has 3 rings (SSSR count). The van der Waals surface area contributed by atoms with Crippen LogP contribution in [0.2, 0.25) is 0 Å². The molecule has 0 aliphatic carbocycles. The van der Waals surface area contributed by atoms with Crippen molar-refractivity contribution < 1.29 is 20.3 Å². The quantitative estimate of drug-likeness (QED) is 0.682. The molecule has 0 N–H and O–H groups in total. The van der Waals surface area contributed by atoms with Gasteiger partial charge in [0.05, 0.1) is 35.5 Å². The highest BCUT2D eigenvalue weighted by Crippen LogP contribution is 2.34. The van der Waals surface area contributed by atoms with Gasteiger partial charge in [-0.05, 0) is 41.3 Å². The molecule has 0 saturated carbocycles. The minimum absolute atomic E-state index is 0.209. The largest absolute Gasteiger partial charge is 0.493 e. The fraction of sp³-hybridized carbons (Fsp3) is 0.250. The van der Waals surface area contributed by atoms with E-state index in [1.54, 1.807) is 34.5 Å². The number of aromatic nitrogens is 1. The predicted molar refractivity (Wildman–Crippen MR) is 97.2 cm³/mol. The first-order valence-electron chi connectivity index (χ1n) is 8.32. The molecule has 0 radical (unpaired) electrons. The zero-order valence-corrected chi connectivity index (χ0v) is 14.8. The molecule has 5 heteroatoms. The van der Waals surface area contributed by atoms with Crippen LogP contribution in [0.1, 0.15) is 12.6 Å². The summed E-state index contributed by atoms with van der Waals surface area (Å²) in [7, 11) is 6.41. The summed E-state index contributed by atoms with van der Waals surface area (Å²) in [5.41, 5.74) is 1.80. The van der Waals surface area contributed by atoms with Gasteiger partial charge in [-0.25, -0.2) is 0 Å². The SMILES string of the molecule is [2H]c1cc2cc(OC)c(OC)cc2c(Cc2ccc(OC)c(OC)c2)n1. The molecule has 0 amide bonds. The summed E-state index contributed by atoms with van der Waals surface area (Å²) in [5, 5.41) is 1.81. The van der Waals surface area contributed by atoms with Crippen LogP contribution in [0.15, 0.2) is 42.6 Å². The topological polar surface area (TPSA) is 49.8 Å². The van der Waals surface area contributed by atoms with Gasteiger partial charge in [0.15, 0.2) is 23.0 Å². The number of hydrogen-bond acceptors (Lipinski definition) is 5. The van der Waals surface area contributed by atoms with Crippen LogP contribution in [-0.4, -0.2) is 33.4 Å². The summed E-state index contributed by atoms with van der Waals surface area (Å²) in [6.07, 6.45) is 0.763. The Labute approximate surface area is 148 Å². The molecule has 0 unspecified atom stereocenters. The lowest BCUT2D eigenvalue weighted by Crippen LogP contribution is -1.97. The van der Waals surface area contributed by atoms with Crippen LogP contribution in [0.5, 0.6) is 23.0 Å². The number of ether oxygens (including phenoxy) is 4. The van der Waals surface area contributed by atoms with Crippen molar-refractivity contribution in [3.8, 4) is 23.0 Å². The minimum Gasteiger partial charge on any atom is -0.493 e. The molecular formula is C20H21NO4. The number of benzene rings is 2. The van der Waals surface area contributed by atoms with Crippen molar-refractivity contribution in [3.63, 3.8) is 0 Å². The zero-order valence-electron chi connectivity index (χ0n) is 15.8. The van der Waals surface area contributed by atoms with Gasteiger partial charge in [0.25, 0.3) is 0 Å². The van der Waals surface area contributed by atoms with Crippen molar-refractivity contribution in [3.05, 3.63) is 53.8 Å². The molecule has 1 aromatic heterocycles. The maximum absolute atomic E-state index is 8.02. The maximum atomic E-state index is 8.02. The Hall–Kier alpha value is -2.95. The number of methoxy groups -OCH3 is 4. The lowest BCUT2D eigenvalue weighted by molar-refractivity contribution is 0.354. The van der Waals surface area contributed by atoms with Crippen molar-refractivity contribution in [1.82, 2.24) is 4.98 Å². The maximum Gasteiger partial charge on any atom is 0.161 e. The molecular weight excluding hydrogens is 318 g/mol. The van der Waals surface area contributed by atoms with Crippen LogP contribution in [0, 0.1) is 0 Å². The lowest BCUT2D eigenvalue weighted by Gasteiger charge is -2.12. The molecule has 130 valence electrons. The highest BCUT2D eigenvalue weighted by molar-refractivity contribution is 5.88. The Morgan fingerprint density at radius 2 is 1.44 bits per heavy atom. The van der Waals surface area contributed by atoms with Gasteiger partial charge in [0, 0.05) is 18.0 Å². The minimum atomic E-state index is 0.209. The van der Waals surface area contributed by atoms with Crippen LogP contribution in [0.3, 0.4) is 0 Å². The summed E-state index contributed by atoms with van der Waals surface area (Å²) < 4.78 is 29.5. The van der Waals surface area contributed by atoms with E-state index in [1.165, 1.54) is 0 Å². The van der Waals surface area contributed by atoms with Crippen molar-refractivity contribution in [2.45, 2.75) is 6.42 Å². The molecule has 0 spiro atoms. The van der Waals surface area contributed by atoms with Gasteiger partial charge >= 0.3 is 0 Å². The van der Waals surface area contributed by atoms with Gasteiger partial charge in [-0.3, -0.25) is 4.98 Å². The molecule has 5 nitrogen and oxygen atoms in total. The van der Waals surface area contributed by atoms with Crippen molar-refractivity contribution in [2.24, 2.45) is 0 Å². The number of rotatable bonds is 6. The lowest BCUT2D eigenvalue weighted by atomic mass is 10.0. The van der Waals surface area contributed by atoms with Crippen molar-refractivity contribution in [2.75, 3.05) is 28.4 Å². The van der Waals surface area contributed by atoms with Gasteiger partial charge in [0.1, 0.15) is 0 Å². The molecule has 0 fully saturated rings. The second kappa shape index (κ2) is 7.30. The van der Waals surface area contributed by atoms with Crippen molar-refractivity contribution in [1.29, 1.82) is 0 Å². The molecule has 3 aromatic rings. The van der Waals surface area contributed by atoms with Gasteiger partial charge in [-0.15, -0.1) is 0 Å². The fourth-order valence-corrected chi connectivity index (χ4v) is 2.82. The second-order valence-electron chi connectivity index (χ2n) is 5.49. The van der Waals surface area contributed by atoms with Gasteiger partial charge in [-0.2, -0.15) is 0 Å². The number of nitrogens with zero attached hydrogens (tertiary/aromatic N) is 1. The molecule has 0 aliphatic heterocycles. The Morgan fingerprint density at radius 1 is 0.800 bits per heavy atom. The van der Waals surface area contributed by atoms with E-state index >= 15 is 0 Å². The van der Waals surface area contributed by atoms with E-state index in [2.05, 4.69) is 4.98 Å². The zero-order chi connectivity index (χ0) is 18.7. The Morgan fingerprint density at radius 3 is 2.12 bits per heavy atom. The first-order valence-corrected chi connectivity index (χ1v) is 7.82. The molecule has 1 heterocycles. The smallest absolute Gasteiger partial charge is 0.161 e. The molecule has 25 heavy (non-hydrogen) atoms. The van der Waals surface area contributed by atoms with E-state index < -0.39 is 0 Å². The first-order chi connectivity index (χ1) is 12.6. The Bertz CT molecular complexity index is 943. The summed E-state index contributed by atoms with van der Waals surface area (Å²) >= 11 is 0. The standard InChI is InChI=1S/C20H21NO4/c1-22-17-6-5-13(10-18(17)23-2)9-16-15-12-20(25-4)19(24-3)11-14(15)7-8-21-16/h5-8,10-12H,9H2,1-4H3/i8D. The van der Waals surface area contributed by atoms with Crippen molar-refractivity contribution >= 4 is 10.8 Å². The Balaban J connectivity index is 2.09. The molecule has 0 bridgehead atoms. The highest BCUT2D eigenvalue weighted by atomic mass is 16.5. The van der Waals surface area contributed by atoms with E-state index in [0.29, 0.717) is 29.4 Å². The summed E-state index contributed by atoms with van der Waals surface area (Å²) in [4.78, 5) is 4.42. The third-order valence-corrected chi connectivity index (χ3v) is 4.11. The van der Waals surface area contributed by atoms with Crippen LogP contribution in [0.4, 0.5) is 0 Å². The molecule has 0 atom stereocenters. The molecule has 0 aliphatic rings. The molecule has 0 saturated heterocycles. The highest BCUT2D eigenvalue weighted by Gasteiger charge is 2.11. The molecule has 2 aromatic carbocycles. The number of fused-ring (bicyclic) bond motifs is 1. The van der Waals surface area contributed by atoms with Gasteiger partial charge < -0.3 is 18.9 Å². The summed E-state index contributed by atoms with van der Waals surface area (Å²) in [6, 6.07) is 11.2. The number of pyridine rings is 1. The van der Waals surface area contributed by atoms with E-state index in [0.717, 1.165) is 22.0 Å². The van der Waals surface area contributed by atoms with Crippen LogP contribution < -0.4 is 18.9 Å². The van der Waals surface area contributed by atoms with Gasteiger partial charge in [0.2, 0.25) is 0 Å². The van der Waals surface area contributed by atoms with E-state index in [1.807, 2.05) is 30.3 Å². The monoisotopic (exact) mass is 340 g/mol. The van der Waals surface area contributed by atoms with Crippen LogP contribution in [-0.2, 0) is 6.42 Å². The second-order valence-corrected chi connectivity index (χ2v) is 5.49. The average Bonchev–Trinajstić information content (AvgIpc) is 2.66. The first kappa shape index (κ1) is 15.6. The normalized spacial score (nSPS) is 11.1. The Kier molecular flexibility index (Phi) is 4.55. The van der Waals surface area contributed by atoms with E-state index in [-0.39, 0.29) is 6.17 Å². The number of hydrogen-bond donors (Lipinski definition) is 0. The fourth-order valence-electron chi connectivity index (χ4n) is 2.82. The summed E-state index contributed by atoms with van der Waals surface area (Å²) in [5.74, 6) is 2.60. The summed E-state index contributed by atoms with van der Waals surface area (Å²) in [6.45, 7) is 0. The third-order valence-electron chi connectivity index (χ3n) is 4.11. The third kappa shape index (κ3) is 3.31. The average molecular weight is 340 g/mol. The van der Waals surface area contributed by atoms with Crippen LogP contribution in [0.25, 0.3) is 10.8 Å².